The fourth-order valence-corrected chi connectivity index (χ4v) is 2.37. The van der Waals surface area contributed by atoms with Gasteiger partial charge in [-0.25, -0.2) is 5.43 Å². The Kier molecular flexibility index (Phi) is 3.90. The number of para-hydroxylation sites is 1. The first-order valence-electron chi connectivity index (χ1n) is 7.59. The fraction of sp³-hybridized carbons (Fsp3) is 0.263. The summed E-state index contributed by atoms with van der Waals surface area (Å²) in [5.41, 5.74) is 9.93. The highest BCUT2D eigenvalue weighted by atomic mass is 16.5. The number of hydrazine groups is 1. The average Bonchev–Trinajstić information content (AvgIpc) is 2.52. The number of hydrogen-bond donors (Lipinski definition) is 2. The third-order valence-corrected chi connectivity index (χ3v) is 3.45. The van der Waals surface area contributed by atoms with Crippen molar-refractivity contribution in [3.63, 3.8) is 0 Å². The van der Waals surface area contributed by atoms with Crippen LogP contribution < -0.4 is 15.6 Å². The summed E-state index contributed by atoms with van der Waals surface area (Å²) in [7, 11) is 0. The van der Waals surface area contributed by atoms with Gasteiger partial charge in [0.15, 0.2) is 0 Å². The van der Waals surface area contributed by atoms with Crippen molar-refractivity contribution in [2.75, 3.05) is 0 Å². The Balaban J connectivity index is 1.93. The molecule has 114 valence electrons. The van der Waals surface area contributed by atoms with Crippen LogP contribution in [0.25, 0.3) is 5.70 Å². The molecule has 1 aliphatic heterocycles. The van der Waals surface area contributed by atoms with Gasteiger partial charge in [0, 0.05) is 11.1 Å². The third-order valence-electron chi connectivity index (χ3n) is 3.45. The van der Waals surface area contributed by atoms with E-state index >= 15 is 0 Å². The maximum absolute atomic E-state index is 6.14. The molecule has 0 saturated heterocycles. The first-order chi connectivity index (χ1) is 10.5. The van der Waals surface area contributed by atoms with Gasteiger partial charge in [-0.05, 0) is 44.5 Å². The highest BCUT2D eigenvalue weighted by Gasteiger charge is 2.22. The normalized spacial score (nSPS) is 17.2. The number of nitrogens with one attached hydrogen (secondary N) is 2. The van der Waals surface area contributed by atoms with E-state index in [0.717, 1.165) is 22.6 Å². The van der Waals surface area contributed by atoms with E-state index in [1.54, 1.807) is 0 Å². The Bertz CT molecular complexity index is 671. The highest BCUT2D eigenvalue weighted by molar-refractivity contribution is 5.71. The van der Waals surface area contributed by atoms with Crippen molar-refractivity contribution in [1.29, 1.82) is 0 Å². The van der Waals surface area contributed by atoms with Crippen molar-refractivity contribution in [2.24, 2.45) is 0 Å². The molecule has 0 saturated carbocycles. The Hall–Kier alpha value is -2.26. The predicted molar refractivity (Wildman–Crippen MR) is 90.3 cm³/mol. The molecule has 2 aromatic carbocycles. The van der Waals surface area contributed by atoms with E-state index in [-0.39, 0.29) is 11.6 Å². The lowest BCUT2D eigenvalue weighted by Gasteiger charge is -2.29. The third kappa shape index (κ3) is 3.31. The van der Waals surface area contributed by atoms with Crippen LogP contribution in [0.2, 0.25) is 0 Å². The predicted octanol–water partition coefficient (Wildman–Crippen LogP) is 4.05. The molecule has 3 heteroatoms. The minimum atomic E-state index is -0.0830. The molecule has 0 fully saturated rings. The first kappa shape index (κ1) is 14.7. The van der Waals surface area contributed by atoms with Crippen molar-refractivity contribution in [3.8, 4) is 5.75 Å². The van der Waals surface area contributed by atoms with Gasteiger partial charge in [-0.2, -0.15) is 0 Å². The molecule has 0 amide bonds. The van der Waals surface area contributed by atoms with Crippen LogP contribution in [0.15, 0.2) is 60.7 Å². The molecule has 0 unspecified atom stereocenters. The molecule has 0 radical (unpaired) electrons. The van der Waals surface area contributed by atoms with E-state index in [9.17, 15) is 0 Å². The average molecular weight is 294 g/mol. The second-order valence-corrected chi connectivity index (χ2v) is 6.53. The molecular weight excluding hydrogens is 272 g/mol. The van der Waals surface area contributed by atoms with E-state index < -0.39 is 0 Å². The van der Waals surface area contributed by atoms with Gasteiger partial charge in [-0.3, -0.25) is 0 Å². The van der Waals surface area contributed by atoms with Crippen molar-refractivity contribution < 1.29 is 4.74 Å². The molecule has 3 nitrogen and oxygen atoms in total. The fourth-order valence-electron chi connectivity index (χ4n) is 2.37. The van der Waals surface area contributed by atoms with Gasteiger partial charge in [-0.1, -0.05) is 42.5 Å². The largest absolute Gasteiger partial charge is 0.481 e. The molecule has 2 aromatic rings. The van der Waals surface area contributed by atoms with Gasteiger partial charge in [0.25, 0.3) is 0 Å². The number of benzene rings is 2. The monoisotopic (exact) mass is 294 g/mol. The summed E-state index contributed by atoms with van der Waals surface area (Å²) in [5, 5.41) is 0. The number of hydrogen-bond acceptors (Lipinski definition) is 3. The minimum absolute atomic E-state index is 0.0175. The molecule has 0 aliphatic carbocycles. The van der Waals surface area contributed by atoms with Crippen LogP contribution in [-0.4, -0.2) is 5.54 Å². The van der Waals surface area contributed by atoms with Crippen molar-refractivity contribution >= 4 is 5.70 Å². The molecular formula is C19H22N2O. The Morgan fingerprint density at radius 1 is 0.909 bits per heavy atom. The van der Waals surface area contributed by atoms with Gasteiger partial charge < -0.3 is 10.2 Å². The molecule has 3 rings (SSSR count). The van der Waals surface area contributed by atoms with Gasteiger partial charge in [-0.15, -0.1) is 0 Å². The van der Waals surface area contributed by atoms with E-state index in [2.05, 4.69) is 55.9 Å². The SMILES string of the molecule is CC(C)(C)NNC1=C[C@H](c2ccccc2)Oc2ccccc21. The Morgan fingerprint density at radius 2 is 1.59 bits per heavy atom. The standard InChI is InChI=1S/C19H22N2O/c1-19(2,3)21-20-16-13-18(14-9-5-4-6-10-14)22-17-12-8-7-11-15(16)17/h4-13,18,20-21H,1-3H3/t18-/m1/s1. The van der Waals surface area contributed by atoms with Gasteiger partial charge in [0.2, 0.25) is 0 Å². The number of ether oxygens (including phenoxy) is 1. The van der Waals surface area contributed by atoms with Gasteiger partial charge in [0.1, 0.15) is 11.9 Å². The van der Waals surface area contributed by atoms with Crippen molar-refractivity contribution in [1.82, 2.24) is 10.9 Å². The summed E-state index contributed by atoms with van der Waals surface area (Å²) in [5.74, 6) is 0.900. The van der Waals surface area contributed by atoms with Gasteiger partial charge >= 0.3 is 0 Å². The van der Waals surface area contributed by atoms with Crippen LogP contribution in [-0.2, 0) is 0 Å². The van der Waals surface area contributed by atoms with Crippen LogP contribution in [0.4, 0.5) is 0 Å². The van der Waals surface area contributed by atoms with E-state index in [1.165, 1.54) is 0 Å². The summed E-state index contributed by atoms with van der Waals surface area (Å²) in [6.45, 7) is 6.38. The minimum Gasteiger partial charge on any atom is -0.481 e. The molecule has 0 aromatic heterocycles. The van der Waals surface area contributed by atoms with Crippen molar-refractivity contribution in [2.45, 2.75) is 32.4 Å². The second kappa shape index (κ2) is 5.85. The molecule has 22 heavy (non-hydrogen) atoms. The summed E-state index contributed by atoms with van der Waals surface area (Å²) in [6.07, 6.45) is 2.04. The van der Waals surface area contributed by atoms with E-state index in [0.29, 0.717) is 0 Å². The van der Waals surface area contributed by atoms with Crippen LogP contribution in [0.1, 0.15) is 38.0 Å². The maximum Gasteiger partial charge on any atom is 0.144 e. The summed E-state index contributed by atoms with van der Waals surface area (Å²) in [6, 6.07) is 18.4. The van der Waals surface area contributed by atoms with Crippen LogP contribution >= 0.6 is 0 Å². The highest BCUT2D eigenvalue weighted by Crippen LogP contribution is 2.35. The lowest BCUT2D eigenvalue weighted by Crippen LogP contribution is -2.45. The van der Waals surface area contributed by atoms with E-state index in [4.69, 9.17) is 4.74 Å². The lowest BCUT2D eigenvalue weighted by atomic mass is 10.0. The molecule has 1 heterocycles. The van der Waals surface area contributed by atoms with Crippen molar-refractivity contribution in [3.05, 3.63) is 71.8 Å². The first-order valence-corrected chi connectivity index (χ1v) is 7.59. The maximum atomic E-state index is 6.14. The topological polar surface area (TPSA) is 33.3 Å². The zero-order valence-corrected chi connectivity index (χ0v) is 13.3. The number of rotatable bonds is 3. The molecule has 2 N–H and O–H groups in total. The van der Waals surface area contributed by atoms with Crippen LogP contribution in [0.5, 0.6) is 5.75 Å². The second-order valence-electron chi connectivity index (χ2n) is 6.53. The lowest BCUT2D eigenvalue weighted by molar-refractivity contribution is 0.248. The Morgan fingerprint density at radius 3 is 2.32 bits per heavy atom. The van der Waals surface area contributed by atoms with E-state index in [1.807, 2.05) is 36.4 Å². The van der Waals surface area contributed by atoms with Crippen LogP contribution in [0, 0.1) is 0 Å². The molecule has 0 spiro atoms. The number of fused-ring (bicyclic) bond motifs is 1. The Labute approximate surface area is 132 Å². The molecule has 1 atom stereocenters. The summed E-state index contributed by atoms with van der Waals surface area (Å²) < 4.78 is 6.14. The smallest absolute Gasteiger partial charge is 0.144 e. The summed E-state index contributed by atoms with van der Waals surface area (Å²) in [4.78, 5) is 0. The zero-order chi connectivity index (χ0) is 15.6. The van der Waals surface area contributed by atoms with Crippen LogP contribution in [0.3, 0.4) is 0 Å². The molecule has 0 bridgehead atoms. The molecule has 1 aliphatic rings. The zero-order valence-electron chi connectivity index (χ0n) is 13.3. The summed E-state index contributed by atoms with van der Waals surface area (Å²) >= 11 is 0. The van der Waals surface area contributed by atoms with Gasteiger partial charge in [0.05, 0.1) is 5.70 Å². The quantitative estimate of drug-likeness (QED) is 0.838.